The highest BCUT2D eigenvalue weighted by molar-refractivity contribution is 5.67. The number of aromatic hydroxyl groups is 1. The van der Waals surface area contributed by atoms with Crippen LogP contribution in [0.25, 0.3) is 0 Å². The number of aryl methyl sites for hydroxylation is 1. The highest BCUT2D eigenvalue weighted by Crippen LogP contribution is 2.24. The van der Waals surface area contributed by atoms with Gasteiger partial charge in [0, 0.05) is 6.42 Å². The summed E-state index contributed by atoms with van der Waals surface area (Å²) < 4.78 is 13.2. The molecule has 0 spiro atoms. The molecule has 94 valence electrons. The average Bonchev–Trinajstić information content (AvgIpc) is 2.20. The Morgan fingerprint density at radius 1 is 1.35 bits per heavy atom. The van der Waals surface area contributed by atoms with Gasteiger partial charge in [0.2, 0.25) is 0 Å². The van der Waals surface area contributed by atoms with Gasteiger partial charge >= 0.3 is 5.97 Å². The van der Waals surface area contributed by atoms with E-state index < -0.39 is 11.8 Å². The van der Waals surface area contributed by atoms with Crippen LogP contribution in [0.15, 0.2) is 12.1 Å². The van der Waals surface area contributed by atoms with E-state index in [0.717, 1.165) is 5.56 Å². The topological polar surface area (TPSA) is 57.5 Å². The Kier molecular flexibility index (Phi) is 4.49. The van der Waals surface area contributed by atoms with Gasteiger partial charge in [0.05, 0.1) is 0 Å². The molecule has 3 nitrogen and oxygen atoms in total. The molecule has 0 heterocycles. The number of phenolic OH excluding ortho intramolecular Hbond substituents is 1. The van der Waals surface area contributed by atoms with Crippen molar-refractivity contribution in [2.24, 2.45) is 5.92 Å². The monoisotopic (exact) mass is 240 g/mol. The van der Waals surface area contributed by atoms with Crippen LogP contribution in [0.5, 0.6) is 5.75 Å². The Morgan fingerprint density at radius 3 is 2.53 bits per heavy atom. The maximum atomic E-state index is 13.2. The summed E-state index contributed by atoms with van der Waals surface area (Å²) >= 11 is 0. The largest absolute Gasteiger partial charge is 0.505 e. The molecule has 0 unspecified atom stereocenters. The lowest BCUT2D eigenvalue weighted by Crippen LogP contribution is -2.04. The van der Waals surface area contributed by atoms with Gasteiger partial charge in [-0.25, -0.2) is 4.39 Å². The van der Waals surface area contributed by atoms with Gasteiger partial charge in [-0.2, -0.15) is 0 Å². The lowest BCUT2D eigenvalue weighted by atomic mass is 9.95. The summed E-state index contributed by atoms with van der Waals surface area (Å²) in [5.74, 6) is -1.62. The number of rotatable bonds is 5. The van der Waals surface area contributed by atoms with E-state index in [0.29, 0.717) is 17.9 Å². The number of hydrogen-bond acceptors (Lipinski definition) is 2. The Hall–Kier alpha value is -1.58. The first-order valence-electron chi connectivity index (χ1n) is 5.62. The molecule has 0 aliphatic heterocycles. The summed E-state index contributed by atoms with van der Waals surface area (Å²) in [4.78, 5) is 10.5. The zero-order valence-electron chi connectivity index (χ0n) is 10.0. The highest BCUT2D eigenvalue weighted by Gasteiger charge is 2.11. The van der Waals surface area contributed by atoms with Crippen LogP contribution in [-0.2, 0) is 17.6 Å². The van der Waals surface area contributed by atoms with Crippen molar-refractivity contribution in [2.45, 2.75) is 33.1 Å². The summed E-state index contributed by atoms with van der Waals surface area (Å²) in [7, 11) is 0. The fourth-order valence-electron chi connectivity index (χ4n) is 1.75. The smallest absolute Gasteiger partial charge is 0.303 e. The Labute approximate surface area is 99.9 Å². The first-order chi connectivity index (χ1) is 7.90. The van der Waals surface area contributed by atoms with Gasteiger partial charge in [-0.1, -0.05) is 13.8 Å². The van der Waals surface area contributed by atoms with Gasteiger partial charge in [0.1, 0.15) is 0 Å². The predicted octanol–water partition coefficient (Wildman–Crippen LogP) is 2.75. The number of carboxylic acid groups (broad SMARTS) is 1. The van der Waals surface area contributed by atoms with Crippen molar-refractivity contribution in [3.8, 4) is 5.75 Å². The number of benzene rings is 1. The Morgan fingerprint density at radius 2 is 2.00 bits per heavy atom. The molecule has 4 heteroatoms. The molecule has 0 amide bonds. The maximum Gasteiger partial charge on any atom is 0.303 e. The van der Waals surface area contributed by atoms with Crippen molar-refractivity contribution in [3.05, 3.63) is 29.1 Å². The minimum Gasteiger partial charge on any atom is -0.505 e. The minimum absolute atomic E-state index is 0.0324. The van der Waals surface area contributed by atoms with Crippen molar-refractivity contribution < 1.29 is 19.4 Å². The second kappa shape index (κ2) is 5.66. The van der Waals surface area contributed by atoms with Crippen molar-refractivity contribution in [1.82, 2.24) is 0 Å². The SMILES string of the molecule is CC(C)Cc1cc(O)c(F)cc1CCC(=O)O. The van der Waals surface area contributed by atoms with Crippen LogP contribution in [0, 0.1) is 11.7 Å². The van der Waals surface area contributed by atoms with E-state index in [1.165, 1.54) is 12.1 Å². The van der Waals surface area contributed by atoms with Crippen LogP contribution in [0.4, 0.5) is 4.39 Å². The van der Waals surface area contributed by atoms with Crippen LogP contribution in [-0.4, -0.2) is 16.2 Å². The van der Waals surface area contributed by atoms with Crippen LogP contribution in [0.3, 0.4) is 0 Å². The van der Waals surface area contributed by atoms with Gasteiger partial charge < -0.3 is 10.2 Å². The van der Waals surface area contributed by atoms with E-state index in [1.807, 2.05) is 13.8 Å². The molecule has 0 atom stereocenters. The van der Waals surface area contributed by atoms with Gasteiger partial charge in [-0.3, -0.25) is 4.79 Å². The molecule has 0 saturated heterocycles. The van der Waals surface area contributed by atoms with E-state index in [2.05, 4.69) is 0 Å². The number of carboxylic acids is 1. The van der Waals surface area contributed by atoms with Crippen LogP contribution >= 0.6 is 0 Å². The Balaban J connectivity index is 2.98. The molecule has 0 aliphatic carbocycles. The zero-order valence-corrected chi connectivity index (χ0v) is 10.0. The normalized spacial score (nSPS) is 10.8. The predicted molar refractivity (Wildman–Crippen MR) is 62.6 cm³/mol. The molecule has 1 rings (SSSR count). The second-order valence-electron chi connectivity index (χ2n) is 4.56. The van der Waals surface area contributed by atoms with Crippen LogP contribution in [0.1, 0.15) is 31.4 Å². The lowest BCUT2D eigenvalue weighted by molar-refractivity contribution is -0.136. The third-order valence-corrected chi connectivity index (χ3v) is 2.51. The number of halogens is 1. The highest BCUT2D eigenvalue weighted by atomic mass is 19.1. The Bertz CT molecular complexity index is 413. The van der Waals surface area contributed by atoms with Crippen LogP contribution < -0.4 is 0 Å². The maximum absolute atomic E-state index is 13.2. The lowest BCUT2D eigenvalue weighted by Gasteiger charge is -2.12. The quantitative estimate of drug-likeness (QED) is 0.832. The van der Waals surface area contributed by atoms with E-state index >= 15 is 0 Å². The third-order valence-electron chi connectivity index (χ3n) is 2.51. The fraction of sp³-hybridized carbons (Fsp3) is 0.462. The molecule has 0 aromatic heterocycles. The second-order valence-corrected chi connectivity index (χ2v) is 4.56. The van der Waals surface area contributed by atoms with Gasteiger partial charge in [0.25, 0.3) is 0 Å². The summed E-state index contributed by atoms with van der Waals surface area (Å²) in [6.45, 7) is 4.03. The molecule has 0 aliphatic rings. The molecule has 0 radical (unpaired) electrons. The number of carbonyl (C=O) groups is 1. The van der Waals surface area contributed by atoms with Crippen molar-refractivity contribution >= 4 is 5.97 Å². The van der Waals surface area contributed by atoms with E-state index in [1.54, 1.807) is 0 Å². The molecule has 0 saturated carbocycles. The van der Waals surface area contributed by atoms with E-state index in [-0.39, 0.29) is 18.6 Å². The van der Waals surface area contributed by atoms with Gasteiger partial charge in [0.15, 0.2) is 11.6 Å². The first-order valence-corrected chi connectivity index (χ1v) is 5.62. The molecular formula is C13H17FO3. The summed E-state index contributed by atoms with van der Waals surface area (Å²) in [6, 6.07) is 2.63. The number of hydrogen-bond donors (Lipinski definition) is 2. The summed E-state index contributed by atoms with van der Waals surface area (Å²) in [5.41, 5.74) is 1.48. The summed E-state index contributed by atoms with van der Waals surface area (Å²) in [6.07, 6.45) is 0.951. The standard InChI is InChI=1S/C13H17FO3/c1-8(2)5-10-7-12(15)11(14)6-9(10)3-4-13(16)17/h6-8,15H,3-5H2,1-2H3,(H,16,17). The number of phenols is 1. The molecule has 0 bridgehead atoms. The molecule has 0 fully saturated rings. The van der Waals surface area contributed by atoms with E-state index in [9.17, 15) is 14.3 Å². The minimum atomic E-state index is -0.908. The third kappa shape index (κ3) is 4.06. The van der Waals surface area contributed by atoms with Crippen molar-refractivity contribution in [1.29, 1.82) is 0 Å². The molecule has 2 N–H and O–H groups in total. The zero-order chi connectivity index (χ0) is 13.0. The van der Waals surface area contributed by atoms with Gasteiger partial charge in [-0.15, -0.1) is 0 Å². The van der Waals surface area contributed by atoms with Crippen LogP contribution in [0.2, 0.25) is 0 Å². The molecule has 1 aromatic rings. The average molecular weight is 240 g/mol. The summed E-state index contributed by atoms with van der Waals surface area (Å²) in [5, 5.41) is 18.0. The molecule has 1 aromatic carbocycles. The van der Waals surface area contributed by atoms with Gasteiger partial charge in [-0.05, 0) is 42.0 Å². The fourth-order valence-corrected chi connectivity index (χ4v) is 1.75. The van der Waals surface area contributed by atoms with E-state index in [4.69, 9.17) is 5.11 Å². The number of aliphatic carboxylic acids is 1. The van der Waals surface area contributed by atoms with Crippen molar-refractivity contribution in [2.75, 3.05) is 0 Å². The first kappa shape index (κ1) is 13.5. The molecular weight excluding hydrogens is 223 g/mol. The molecule has 17 heavy (non-hydrogen) atoms. The van der Waals surface area contributed by atoms with Crippen molar-refractivity contribution in [3.63, 3.8) is 0 Å².